The summed E-state index contributed by atoms with van der Waals surface area (Å²) in [7, 11) is 0. The molecule has 0 bridgehead atoms. The number of carbonyl (C=O) groups is 1. The topological polar surface area (TPSA) is 29.1 Å². The van der Waals surface area contributed by atoms with Crippen LogP contribution in [-0.4, -0.2) is 5.91 Å². The number of rotatable bonds is 3. The molecule has 0 aromatic heterocycles. The van der Waals surface area contributed by atoms with E-state index in [1.165, 1.54) is 17.7 Å². The summed E-state index contributed by atoms with van der Waals surface area (Å²) in [5, 5.41) is 2.69. The van der Waals surface area contributed by atoms with Crippen LogP contribution in [0.25, 0.3) is 0 Å². The number of hydrogen-bond donors (Lipinski definition) is 1. The molecule has 2 nitrogen and oxygen atoms in total. The van der Waals surface area contributed by atoms with E-state index in [0.717, 1.165) is 0 Å². The Balaban J connectivity index is 2.17. The number of nitrogens with one attached hydrogen (secondary N) is 1. The fourth-order valence-electron chi connectivity index (χ4n) is 1.82. The van der Waals surface area contributed by atoms with E-state index < -0.39 is 11.7 Å². The van der Waals surface area contributed by atoms with Gasteiger partial charge in [-0.3, -0.25) is 4.79 Å². The highest BCUT2D eigenvalue weighted by Gasteiger charge is 2.12. The Morgan fingerprint density at radius 1 is 1.15 bits per heavy atom. The average molecular weight is 336 g/mol. The fourth-order valence-corrected chi connectivity index (χ4v) is 2.18. The second-order valence-corrected chi connectivity index (χ2v) is 5.77. The third-order valence-corrected chi connectivity index (χ3v) is 3.50. The van der Waals surface area contributed by atoms with Crippen LogP contribution in [0.3, 0.4) is 0 Å². The molecule has 2 aromatic carbocycles. The van der Waals surface area contributed by atoms with Gasteiger partial charge in [-0.2, -0.15) is 0 Å². The Kier molecular flexibility index (Phi) is 4.55. The molecular formula is C16H15BrFNO. The van der Waals surface area contributed by atoms with E-state index >= 15 is 0 Å². The lowest BCUT2D eigenvalue weighted by Gasteiger charge is -2.09. The molecule has 2 rings (SSSR count). The SMILES string of the molecule is CC(C)c1ccc(NC(=O)c2cc(Br)ccc2F)cc1. The molecule has 1 N–H and O–H groups in total. The second-order valence-electron chi connectivity index (χ2n) is 4.86. The first-order chi connectivity index (χ1) is 9.47. The summed E-state index contributed by atoms with van der Waals surface area (Å²) >= 11 is 3.23. The highest BCUT2D eigenvalue weighted by Crippen LogP contribution is 2.19. The largest absolute Gasteiger partial charge is 0.322 e. The van der Waals surface area contributed by atoms with Gasteiger partial charge in [-0.05, 0) is 41.8 Å². The van der Waals surface area contributed by atoms with Crippen molar-refractivity contribution in [2.45, 2.75) is 19.8 Å². The summed E-state index contributed by atoms with van der Waals surface area (Å²) in [4.78, 5) is 12.0. The average Bonchev–Trinajstić information content (AvgIpc) is 2.42. The van der Waals surface area contributed by atoms with E-state index in [-0.39, 0.29) is 5.56 Å². The molecule has 0 unspecified atom stereocenters. The molecule has 20 heavy (non-hydrogen) atoms. The third-order valence-electron chi connectivity index (χ3n) is 3.01. The monoisotopic (exact) mass is 335 g/mol. The van der Waals surface area contributed by atoms with E-state index in [9.17, 15) is 9.18 Å². The number of anilines is 1. The van der Waals surface area contributed by atoms with Gasteiger partial charge < -0.3 is 5.32 Å². The van der Waals surface area contributed by atoms with Gasteiger partial charge in [0.1, 0.15) is 5.82 Å². The maximum atomic E-state index is 13.6. The molecule has 0 radical (unpaired) electrons. The van der Waals surface area contributed by atoms with Crippen molar-refractivity contribution in [3.63, 3.8) is 0 Å². The lowest BCUT2D eigenvalue weighted by atomic mass is 10.0. The molecular weight excluding hydrogens is 321 g/mol. The molecule has 0 fully saturated rings. The van der Waals surface area contributed by atoms with Crippen molar-refractivity contribution in [1.29, 1.82) is 0 Å². The van der Waals surface area contributed by atoms with Crippen molar-refractivity contribution < 1.29 is 9.18 Å². The Hall–Kier alpha value is -1.68. The van der Waals surface area contributed by atoms with E-state index in [1.807, 2.05) is 24.3 Å². The lowest BCUT2D eigenvalue weighted by Crippen LogP contribution is -2.13. The summed E-state index contributed by atoms with van der Waals surface area (Å²) in [5.74, 6) is -0.562. The molecule has 0 spiro atoms. The molecule has 0 aliphatic carbocycles. The summed E-state index contributed by atoms with van der Waals surface area (Å²) in [5.41, 5.74) is 1.86. The normalized spacial score (nSPS) is 10.7. The zero-order valence-corrected chi connectivity index (χ0v) is 12.9. The van der Waals surface area contributed by atoms with Crippen LogP contribution in [0.1, 0.15) is 35.7 Å². The van der Waals surface area contributed by atoms with Gasteiger partial charge in [0.25, 0.3) is 5.91 Å². The van der Waals surface area contributed by atoms with Gasteiger partial charge in [-0.1, -0.05) is 41.9 Å². The third kappa shape index (κ3) is 3.45. The zero-order valence-electron chi connectivity index (χ0n) is 11.3. The number of halogens is 2. The van der Waals surface area contributed by atoms with Gasteiger partial charge in [0, 0.05) is 10.2 Å². The van der Waals surface area contributed by atoms with Crippen LogP contribution in [0.2, 0.25) is 0 Å². The maximum absolute atomic E-state index is 13.6. The van der Waals surface area contributed by atoms with Crippen molar-refractivity contribution >= 4 is 27.5 Å². The van der Waals surface area contributed by atoms with Crippen molar-refractivity contribution in [2.24, 2.45) is 0 Å². The molecule has 0 saturated carbocycles. The molecule has 0 aliphatic heterocycles. The molecule has 0 aliphatic rings. The molecule has 104 valence electrons. The minimum Gasteiger partial charge on any atom is -0.322 e. The van der Waals surface area contributed by atoms with Gasteiger partial charge in [-0.25, -0.2) is 4.39 Å². The van der Waals surface area contributed by atoms with Crippen LogP contribution in [0.4, 0.5) is 10.1 Å². The lowest BCUT2D eigenvalue weighted by molar-refractivity contribution is 0.102. The molecule has 0 heterocycles. The quantitative estimate of drug-likeness (QED) is 0.843. The molecule has 1 amide bonds. The Morgan fingerprint density at radius 3 is 2.40 bits per heavy atom. The van der Waals surface area contributed by atoms with E-state index in [4.69, 9.17) is 0 Å². The van der Waals surface area contributed by atoms with E-state index in [1.54, 1.807) is 6.07 Å². The number of carbonyl (C=O) groups excluding carboxylic acids is 1. The fraction of sp³-hybridized carbons (Fsp3) is 0.188. The minimum absolute atomic E-state index is 0.0207. The van der Waals surface area contributed by atoms with Gasteiger partial charge in [-0.15, -0.1) is 0 Å². The van der Waals surface area contributed by atoms with Gasteiger partial charge in [0.05, 0.1) is 5.56 Å². The summed E-state index contributed by atoms with van der Waals surface area (Å²) in [6, 6.07) is 11.8. The highest BCUT2D eigenvalue weighted by atomic mass is 79.9. The highest BCUT2D eigenvalue weighted by molar-refractivity contribution is 9.10. The number of benzene rings is 2. The molecule has 0 atom stereocenters. The van der Waals surface area contributed by atoms with Crippen molar-refractivity contribution in [3.8, 4) is 0 Å². The standard InChI is InChI=1S/C16H15BrFNO/c1-10(2)11-3-6-13(7-4-11)19-16(20)14-9-12(17)5-8-15(14)18/h3-10H,1-2H3,(H,19,20). The van der Waals surface area contributed by atoms with Gasteiger partial charge >= 0.3 is 0 Å². The molecule has 0 saturated heterocycles. The Labute approximate surface area is 126 Å². The zero-order chi connectivity index (χ0) is 14.7. The predicted molar refractivity (Wildman–Crippen MR) is 82.6 cm³/mol. The molecule has 2 aromatic rings. The summed E-state index contributed by atoms with van der Waals surface area (Å²) in [6.07, 6.45) is 0. The van der Waals surface area contributed by atoms with Crippen LogP contribution >= 0.6 is 15.9 Å². The Morgan fingerprint density at radius 2 is 1.80 bits per heavy atom. The van der Waals surface area contributed by atoms with Crippen LogP contribution in [0.5, 0.6) is 0 Å². The van der Waals surface area contributed by atoms with Crippen LogP contribution < -0.4 is 5.32 Å². The second kappa shape index (κ2) is 6.18. The first-order valence-corrected chi connectivity index (χ1v) is 7.13. The number of amides is 1. The van der Waals surface area contributed by atoms with E-state index in [2.05, 4.69) is 35.1 Å². The van der Waals surface area contributed by atoms with E-state index in [0.29, 0.717) is 16.1 Å². The van der Waals surface area contributed by atoms with Crippen LogP contribution in [0.15, 0.2) is 46.9 Å². The molecule has 4 heteroatoms. The van der Waals surface area contributed by atoms with Gasteiger partial charge in [0.15, 0.2) is 0 Å². The van der Waals surface area contributed by atoms with Crippen molar-refractivity contribution in [1.82, 2.24) is 0 Å². The summed E-state index contributed by atoms with van der Waals surface area (Å²) < 4.78 is 14.3. The minimum atomic E-state index is -0.537. The van der Waals surface area contributed by atoms with Crippen LogP contribution in [-0.2, 0) is 0 Å². The Bertz CT molecular complexity index is 623. The smallest absolute Gasteiger partial charge is 0.258 e. The van der Waals surface area contributed by atoms with Crippen molar-refractivity contribution in [3.05, 3.63) is 63.9 Å². The van der Waals surface area contributed by atoms with Gasteiger partial charge in [0.2, 0.25) is 0 Å². The first-order valence-electron chi connectivity index (χ1n) is 6.33. The van der Waals surface area contributed by atoms with Crippen LogP contribution in [0, 0.1) is 5.82 Å². The predicted octanol–water partition coefficient (Wildman–Crippen LogP) is 4.96. The first kappa shape index (κ1) is 14.7. The summed E-state index contributed by atoms with van der Waals surface area (Å²) in [6.45, 7) is 4.20. The van der Waals surface area contributed by atoms with Crippen molar-refractivity contribution in [2.75, 3.05) is 5.32 Å². The maximum Gasteiger partial charge on any atom is 0.258 e. The number of hydrogen-bond acceptors (Lipinski definition) is 1.